The third-order valence-corrected chi connectivity index (χ3v) is 4.26. The van der Waals surface area contributed by atoms with Crippen molar-refractivity contribution in [1.29, 1.82) is 0 Å². The number of aromatic nitrogens is 2. The monoisotopic (exact) mass is 305 g/mol. The molecule has 0 amide bonds. The zero-order valence-corrected chi connectivity index (χ0v) is 14.0. The number of hydrogen-bond acceptors (Lipinski definition) is 5. The fourth-order valence-corrected chi connectivity index (χ4v) is 2.59. The first-order chi connectivity index (χ1) is 9.99. The molecule has 21 heavy (non-hydrogen) atoms. The molecule has 1 aromatic carbocycles. The molecule has 0 aliphatic rings. The first-order valence-corrected chi connectivity index (χ1v) is 8.17. The van der Waals surface area contributed by atoms with Gasteiger partial charge in [-0.2, -0.15) is 4.98 Å². The Morgan fingerprint density at radius 3 is 2.71 bits per heavy atom. The van der Waals surface area contributed by atoms with Crippen LogP contribution in [0.5, 0.6) is 0 Å². The minimum Gasteiger partial charge on any atom is -0.334 e. The molecule has 1 N–H and O–H groups in total. The van der Waals surface area contributed by atoms with Gasteiger partial charge in [0.15, 0.2) is 5.82 Å². The van der Waals surface area contributed by atoms with E-state index in [1.165, 1.54) is 5.56 Å². The van der Waals surface area contributed by atoms with Crippen LogP contribution in [0, 0.1) is 0 Å². The summed E-state index contributed by atoms with van der Waals surface area (Å²) in [7, 11) is 1.96. The average molecular weight is 305 g/mol. The minimum absolute atomic E-state index is 0.200. The van der Waals surface area contributed by atoms with Gasteiger partial charge in [-0.15, -0.1) is 11.8 Å². The first kappa shape index (κ1) is 16.0. The molecule has 4 nitrogen and oxygen atoms in total. The van der Waals surface area contributed by atoms with Gasteiger partial charge in [0, 0.05) is 10.3 Å². The van der Waals surface area contributed by atoms with E-state index in [1.54, 1.807) is 0 Å². The molecule has 2 rings (SSSR count). The smallest absolute Gasteiger partial charge is 0.258 e. The number of nitrogens with one attached hydrogen (secondary N) is 1. The predicted molar refractivity (Wildman–Crippen MR) is 88.4 cm³/mol. The SMILES string of the molecule is CNCCc1ccccc1-c1nc(CSC(C)(C)C)no1. The van der Waals surface area contributed by atoms with Crippen LogP contribution in [0.25, 0.3) is 11.5 Å². The highest BCUT2D eigenvalue weighted by Gasteiger charge is 2.15. The van der Waals surface area contributed by atoms with Crippen molar-refractivity contribution in [2.45, 2.75) is 37.7 Å². The summed E-state index contributed by atoms with van der Waals surface area (Å²) in [5.41, 5.74) is 2.26. The topological polar surface area (TPSA) is 51.0 Å². The molecule has 1 heterocycles. The normalized spacial score (nSPS) is 11.8. The van der Waals surface area contributed by atoms with E-state index in [4.69, 9.17) is 4.52 Å². The van der Waals surface area contributed by atoms with Gasteiger partial charge in [0.25, 0.3) is 5.89 Å². The fraction of sp³-hybridized carbons (Fsp3) is 0.500. The van der Waals surface area contributed by atoms with Crippen molar-refractivity contribution < 1.29 is 4.52 Å². The zero-order valence-electron chi connectivity index (χ0n) is 13.1. The summed E-state index contributed by atoms with van der Waals surface area (Å²) in [6.45, 7) is 7.49. The molecule has 1 aromatic heterocycles. The molecule has 0 aliphatic carbocycles. The molecular formula is C16H23N3OS. The molecule has 0 unspecified atom stereocenters. The second kappa shape index (κ2) is 7.09. The van der Waals surface area contributed by atoms with Crippen molar-refractivity contribution in [3.63, 3.8) is 0 Å². The van der Waals surface area contributed by atoms with Crippen molar-refractivity contribution in [3.8, 4) is 11.5 Å². The van der Waals surface area contributed by atoms with E-state index < -0.39 is 0 Å². The maximum Gasteiger partial charge on any atom is 0.258 e. The van der Waals surface area contributed by atoms with E-state index in [9.17, 15) is 0 Å². The van der Waals surface area contributed by atoms with Gasteiger partial charge in [-0.25, -0.2) is 0 Å². The van der Waals surface area contributed by atoms with Gasteiger partial charge < -0.3 is 9.84 Å². The van der Waals surface area contributed by atoms with Gasteiger partial charge >= 0.3 is 0 Å². The Morgan fingerprint density at radius 2 is 2.00 bits per heavy atom. The van der Waals surface area contributed by atoms with E-state index in [-0.39, 0.29) is 4.75 Å². The fourth-order valence-electron chi connectivity index (χ4n) is 1.91. The summed E-state index contributed by atoms with van der Waals surface area (Å²) in [5.74, 6) is 2.14. The standard InChI is InChI=1S/C16H23N3OS/c1-16(2,3)21-11-14-18-15(20-19-14)13-8-6-5-7-12(13)9-10-17-4/h5-8,17H,9-11H2,1-4H3. The molecule has 0 saturated carbocycles. The number of rotatable bonds is 6. The number of hydrogen-bond donors (Lipinski definition) is 1. The van der Waals surface area contributed by atoms with Gasteiger partial charge in [-0.05, 0) is 31.6 Å². The van der Waals surface area contributed by atoms with Crippen LogP contribution in [0.4, 0.5) is 0 Å². The van der Waals surface area contributed by atoms with Crippen molar-refractivity contribution >= 4 is 11.8 Å². The molecule has 114 valence electrons. The lowest BCUT2D eigenvalue weighted by Crippen LogP contribution is -2.10. The quantitative estimate of drug-likeness (QED) is 0.885. The summed E-state index contributed by atoms with van der Waals surface area (Å²) in [4.78, 5) is 4.53. The Kier molecular flexibility index (Phi) is 5.42. The number of thioether (sulfide) groups is 1. The van der Waals surface area contributed by atoms with E-state index in [0.717, 1.165) is 30.1 Å². The predicted octanol–water partition coefficient (Wildman–Crippen LogP) is 3.53. The third kappa shape index (κ3) is 4.86. The first-order valence-electron chi connectivity index (χ1n) is 7.19. The lowest BCUT2D eigenvalue weighted by atomic mass is 10.0. The van der Waals surface area contributed by atoms with Gasteiger partial charge in [0.1, 0.15) is 0 Å². The molecule has 0 atom stereocenters. The van der Waals surface area contributed by atoms with Crippen LogP contribution in [0.3, 0.4) is 0 Å². The maximum atomic E-state index is 5.44. The van der Waals surface area contributed by atoms with Crippen molar-refractivity contribution in [2.24, 2.45) is 0 Å². The van der Waals surface area contributed by atoms with Gasteiger partial charge in [0.05, 0.1) is 5.75 Å². The van der Waals surface area contributed by atoms with Crippen LogP contribution in [0.15, 0.2) is 28.8 Å². The molecule has 0 fully saturated rings. The van der Waals surface area contributed by atoms with Crippen molar-refractivity contribution in [3.05, 3.63) is 35.7 Å². The second-order valence-corrected chi connectivity index (χ2v) is 7.73. The van der Waals surface area contributed by atoms with Crippen molar-refractivity contribution in [2.75, 3.05) is 13.6 Å². The largest absolute Gasteiger partial charge is 0.334 e. The number of nitrogens with zero attached hydrogens (tertiary/aromatic N) is 2. The Bertz CT molecular complexity index is 575. The molecule has 2 aromatic rings. The minimum atomic E-state index is 0.200. The Labute approximate surface area is 130 Å². The van der Waals surface area contributed by atoms with Crippen LogP contribution in [0.1, 0.15) is 32.2 Å². The summed E-state index contributed by atoms with van der Waals surface area (Å²) < 4.78 is 5.64. The molecule has 0 radical (unpaired) electrons. The van der Waals surface area contributed by atoms with Gasteiger partial charge in [-0.1, -0.05) is 44.1 Å². The van der Waals surface area contributed by atoms with Crippen molar-refractivity contribution in [1.82, 2.24) is 15.5 Å². The molecule has 0 spiro atoms. The van der Waals surface area contributed by atoms with Crippen LogP contribution in [0.2, 0.25) is 0 Å². The summed E-state index contributed by atoms with van der Waals surface area (Å²) >= 11 is 1.82. The molecule has 0 saturated heterocycles. The summed E-state index contributed by atoms with van der Waals surface area (Å²) in [6.07, 6.45) is 0.946. The lowest BCUT2D eigenvalue weighted by Gasteiger charge is -2.15. The van der Waals surface area contributed by atoms with E-state index in [2.05, 4.69) is 42.3 Å². The average Bonchev–Trinajstić information content (AvgIpc) is 2.91. The molecule has 0 bridgehead atoms. The van der Waals surface area contributed by atoms with Crippen LogP contribution >= 0.6 is 11.8 Å². The lowest BCUT2D eigenvalue weighted by molar-refractivity contribution is 0.424. The van der Waals surface area contributed by atoms with Gasteiger partial charge in [-0.3, -0.25) is 0 Å². The molecule has 0 aliphatic heterocycles. The highest BCUT2D eigenvalue weighted by atomic mass is 32.2. The van der Waals surface area contributed by atoms with Gasteiger partial charge in [0.2, 0.25) is 0 Å². The van der Waals surface area contributed by atoms with Crippen LogP contribution in [-0.4, -0.2) is 28.5 Å². The van der Waals surface area contributed by atoms with Crippen LogP contribution in [-0.2, 0) is 12.2 Å². The Balaban J connectivity index is 2.14. The zero-order chi connectivity index (χ0) is 15.3. The number of benzene rings is 1. The summed E-state index contributed by atoms with van der Waals surface area (Å²) in [6, 6.07) is 8.20. The second-order valence-electron chi connectivity index (χ2n) is 5.93. The molecule has 5 heteroatoms. The molecular weight excluding hydrogens is 282 g/mol. The van der Waals surface area contributed by atoms with E-state index in [0.29, 0.717) is 5.89 Å². The van der Waals surface area contributed by atoms with E-state index >= 15 is 0 Å². The highest BCUT2D eigenvalue weighted by molar-refractivity contribution is 7.99. The van der Waals surface area contributed by atoms with E-state index in [1.807, 2.05) is 37.0 Å². The number of likely N-dealkylation sites (N-methyl/N-ethyl adjacent to an activating group) is 1. The van der Waals surface area contributed by atoms with Crippen LogP contribution < -0.4 is 5.32 Å². The highest BCUT2D eigenvalue weighted by Crippen LogP contribution is 2.28. The maximum absolute atomic E-state index is 5.44. The summed E-state index contributed by atoms with van der Waals surface area (Å²) in [5, 5.41) is 7.26. The Hall–Kier alpha value is -1.33. The Morgan fingerprint density at radius 1 is 1.24 bits per heavy atom. The third-order valence-electron chi connectivity index (χ3n) is 2.99.